The zero-order valence-electron chi connectivity index (χ0n) is 11.8. The maximum Gasteiger partial charge on any atom is 0.224 e. The summed E-state index contributed by atoms with van der Waals surface area (Å²) in [7, 11) is 0. The number of hydrogen-bond donors (Lipinski definition) is 2. The third-order valence-electron chi connectivity index (χ3n) is 3.20. The monoisotopic (exact) mass is 290 g/mol. The van der Waals surface area contributed by atoms with Gasteiger partial charge < -0.3 is 9.84 Å². The lowest BCUT2D eigenvalue weighted by Gasteiger charge is -2.13. The van der Waals surface area contributed by atoms with E-state index in [1.165, 1.54) is 0 Å². The van der Waals surface area contributed by atoms with Crippen molar-refractivity contribution in [1.29, 1.82) is 0 Å². The molecule has 20 heavy (non-hydrogen) atoms. The number of rotatable bonds is 4. The average Bonchev–Trinajstić information content (AvgIpc) is 2.72. The molecule has 1 aromatic heterocycles. The minimum Gasteiger partial charge on any atom is -0.361 e. The Kier molecular flexibility index (Phi) is 4.49. The van der Waals surface area contributed by atoms with Gasteiger partial charge in [0.05, 0.1) is 18.2 Å². The molecule has 0 aliphatic heterocycles. The van der Waals surface area contributed by atoms with Gasteiger partial charge in [-0.3, -0.25) is 4.79 Å². The summed E-state index contributed by atoms with van der Waals surface area (Å²) in [4.78, 5) is 12.9. The van der Waals surface area contributed by atoms with Gasteiger partial charge in [-0.05, 0) is 38.5 Å². The van der Waals surface area contributed by atoms with Gasteiger partial charge in [0.25, 0.3) is 0 Å². The molecule has 2 rings (SSSR count). The second-order valence-corrected chi connectivity index (χ2v) is 5.39. The van der Waals surface area contributed by atoms with Gasteiger partial charge in [-0.25, -0.2) is 0 Å². The highest BCUT2D eigenvalue weighted by Gasteiger charge is 2.18. The van der Waals surface area contributed by atoms with E-state index in [2.05, 4.69) is 23.1 Å². The van der Waals surface area contributed by atoms with Gasteiger partial charge in [-0.1, -0.05) is 17.3 Å². The van der Waals surface area contributed by atoms with Crippen LogP contribution < -0.4 is 5.32 Å². The first-order valence-electron chi connectivity index (χ1n) is 6.47. The Morgan fingerprint density at radius 2 is 2.00 bits per heavy atom. The number of benzene rings is 1. The Balaban J connectivity index is 1.99. The van der Waals surface area contributed by atoms with E-state index in [0.717, 1.165) is 27.5 Å². The molecular formula is C15H18N2O2S. The van der Waals surface area contributed by atoms with Crippen molar-refractivity contribution in [2.24, 2.45) is 0 Å². The van der Waals surface area contributed by atoms with Crippen LogP contribution in [0.1, 0.15) is 35.5 Å². The molecule has 1 N–H and O–H groups in total. The molecule has 106 valence electrons. The molecule has 1 unspecified atom stereocenters. The number of nitrogens with zero attached hydrogens (tertiary/aromatic N) is 1. The van der Waals surface area contributed by atoms with Crippen LogP contribution in [-0.2, 0) is 11.2 Å². The maximum absolute atomic E-state index is 12.0. The predicted octanol–water partition coefficient (Wildman–Crippen LogP) is 3.00. The van der Waals surface area contributed by atoms with Crippen LogP contribution in [0.25, 0.3) is 0 Å². The van der Waals surface area contributed by atoms with Crippen molar-refractivity contribution < 1.29 is 9.32 Å². The van der Waals surface area contributed by atoms with Gasteiger partial charge in [-0.2, -0.15) is 0 Å². The van der Waals surface area contributed by atoms with Gasteiger partial charge in [0.15, 0.2) is 0 Å². The van der Waals surface area contributed by atoms with Crippen LogP contribution in [-0.4, -0.2) is 11.1 Å². The topological polar surface area (TPSA) is 55.1 Å². The molecule has 1 heterocycles. The van der Waals surface area contributed by atoms with E-state index >= 15 is 0 Å². The van der Waals surface area contributed by atoms with Gasteiger partial charge in [0.2, 0.25) is 5.91 Å². The highest BCUT2D eigenvalue weighted by molar-refractivity contribution is 7.80. The Hall–Kier alpha value is -1.75. The molecular weight excluding hydrogens is 272 g/mol. The number of amides is 1. The standard InChI is InChI=1S/C15H18N2O2S/c1-9(15-10(2)17-19-11(15)3)16-14(18)8-12-4-6-13(20)7-5-12/h4-7,9,20H,8H2,1-3H3,(H,16,18). The van der Waals surface area contributed by atoms with Gasteiger partial charge >= 0.3 is 0 Å². The Labute approximate surface area is 124 Å². The summed E-state index contributed by atoms with van der Waals surface area (Å²) in [5.41, 5.74) is 2.73. The Morgan fingerprint density at radius 1 is 1.35 bits per heavy atom. The predicted molar refractivity (Wildman–Crippen MR) is 79.9 cm³/mol. The van der Waals surface area contributed by atoms with Crippen molar-refractivity contribution >= 4 is 18.5 Å². The minimum absolute atomic E-state index is 0.0237. The van der Waals surface area contributed by atoms with Crippen molar-refractivity contribution in [3.8, 4) is 0 Å². The van der Waals surface area contributed by atoms with Crippen LogP contribution >= 0.6 is 12.6 Å². The number of carbonyl (C=O) groups excluding carboxylic acids is 1. The number of carbonyl (C=O) groups is 1. The number of thiol groups is 1. The summed E-state index contributed by atoms with van der Waals surface area (Å²) in [6.45, 7) is 5.66. The molecule has 4 nitrogen and oxygen atoms in total. The van der Waals surface area contributed by atoms with Crippen LogP contribution in [0.15, 0.2) is 33.7 Å². The molecule has 0 saturated carbocycles. The van der Waals surface area contributed by atoms with E-state index in [4.69, 9.17) is 4.52 Å². The summed E-state index contributed by atoms with van der Waals surface area (Å²) in [6.07, 6.45) is 0.349. The van der Waals surface area contributed by atoms with Gasteiger partial charge in [-0.15, -0.1) is 12.6 Å². The first-order chi connectivity index (χ1) is 9.47. The molecule has 0 radical (unpaired) electrons. The van der Waals surface area contributed by atoms with E-state index in [-0.39, 0.29) is 11.9 Å². The lowest BCUT2D eigenvalue weighted by molar-refractivity contribution is -0.121. The molecule has 1 atom stereocenters. The average molecular weight is 290 g/mol. The zero-order chi connectivity index (χ0) is 14.7. The molecule has 0 aliphatic carbocycles. The first-order valence-corrected chi connectivity index (χ1v) is 6.92. The molecule has 0 bridgehead atoms. The molecule has 0 fully saturated rings. The summed E-state index contributed by atoms with van der Waals surface area (Å²) in [5.74, 6) is 0.721. The summed E-state index contributed by atoms with van der Waals surface area (Å²) < 4.78 is 5.12. The second-order valence-electron chi connectivity index (χ2n) is 4.87. The quantitative estimate of drug-likeness (QED) is 0.851. The lowest BCUT2D eigenvalue weighted by Crippen LogP contribution is -2.28. The third-order valence-corrected chi connectivity index (χ3v) is 3.50. The minimum atomic E-state index is -0.113. The van der Waals surface area contributed by atoms with Crippen molar-refractivity contribution in [1.82, 2.24) is 10.5 Å². The van der Waals surface area contributed by atoms with Crippen LogP contribution in [0, 0.1) is 13.8 Å². The molecule has 0 saturated heterocycles. The number of nitrogens with one attached hydrogen (secondary N) is 1. The van der Waals surface area contributed by atoms with Crippen molar-refractivity contribution in [2.75, 3.05) is 0 Å². The highest BCUT2D eigenvalue weighted by atomic mass is 32.1. The second kappa shape index (κ2) is 6.13. The number of hydrogen-bond acceptors (Lipinski definition) is 4. The van der Waals surface area contributed by atoms with Gasteiger partial charge in [0.1, 0.15) is 5.76 Å². The Bertz CT molecular complexity index is 585. The van der Waals surface area contributed by atoms with Crippen LogP contribution in [0.4, 0.5) is 0 Å². The molecule has 2 aromatic rings. The smallest absolute Gasteiger partial charge is 0.224 e. The fourth-order valence-corrected chi connectivity index (χ4v) is 2.42. The molecule has 0 spiro atoms. The van der Waals surface area contributed by atoms with Crippen LogP contribution in [0.2, 0.25) is 0 Å². The fourth-order valence-electron chi connectivity index (χ4n) is 2.27. The normalized spacial score (nSPS) is 12.2. The van der Waals surface area contributed by atoms with Crippen LogP contribution in [0.5, 0.6) is 0 Å². The van der Waals surface area contributed by atoms with E-state index in [1.54, 1.807) is 0 Å². The van der Waals surface area contributed by atoms with Crippen molar-refractivity contribution in [3.63, 3.8) is 0 Å². The number of aryl methyl sites for hydroxylation is 2. The van der Waals surface area contributed by atoms with Crippen LogP contribution in [0.3, 0.4) is 0 Å². The largest absolute Gasteiger partial charge is 0.361 e. The molecule has 1 aromatic carbocycles. The third kappa shape index (κ3) is 3.42. The highest BCUT2D eigenvalue weighted by Crippen LogP contribution is 2.21. The molecule has 0 aliphatic rings. The van der Waals surface area contributed by atoms with E-state index in [0.29, 0.717) is 6.42 Å². The number of aromatic nitrogens is 1. The fraction of sp³-hybridized carbons (Fsp3) is 0.333. The Morgan fingerprint density at radius 3 is 2.55 bits per heavy atom. The summed E-state index contributed by atoms with van der Waals surface area (Å²) in [5, 5.41) is 6.87. The molecule has 1 amide bonds. The molecule has 5 heteroatoms. The van der Waals surface area contributed by atoms with Crippen molar-refractivity contribution in [3.05, 3.63) is 46.8 Å². The van der Waals surface area contributed by atoms with E-state index in [9.17, 15) is 4.79 Å². The van der Waals surface area contributed by atoms with E-state index < -0.39 is 0 Å². The van der Waals surface area contributed by atoms with Gasteiger partial charge in [0, 0.05) is 10.5 Å². The SMILES string of the molecule is Cc1noc(C)c1C(C)NC(=O)Cc1ccc(S)cc1. The summed E-state index contributed by atoms with van der Waals surface area (Å²) >= 11 is 4.22. The maximum atomic E-state index is 12.0. The first kappa shape index (κ1) is 14.7. The van der Waals surface area contributed by atoms with E-state index in [1.807, 2.05) is 45.0 Å². The zero-order valence-corrected chi connectivity index (χ0v) is 12.7. The van der Waals surface area contributed by atoms with Crippen molar-refractivity contribution in [2.45, 2.75) is 38.1 Å². The lowest BCUT2D eigenvalue weighted by atomic mass is 10.1. The summed E-state index contributed by atoms with van der Waals surface area (Å²) in [6, 6.07) is 7.45.